The number of carbonyl (C=O) groups excluding carboxylic acids is 1. The molecular weight excluding hydrogens is 252 g/mol. The van der Waals surface area contributed by atoms with Gasteiger partial charge in [-0.1, -0.05) is 12.8 Å². The van der Waals surface area contributed by atoms with Crippen molar-refractivity contribution >= 4 is 11.9 Å². The highest BCUT2D eigenvalue weighted by Gasteiger charge is 2.22. The number of rotatable bonds is 3. The molecule has 1 amide bonds. The molecule has 108 valence electrons. The molecule has 20 heavy (non-hydrogen) atoms. The summed E-state index contributed by atoms with van der Waals surface area (Å²) in [6.07, 6.45) is 7.08. The van der Waals surface area contributed by atoms with E-state index in [-0.39, 0.29) is 5.91 Å². The van der Waals surface area contributed by atoms with Gasteiger partial charge in [0.05, 0.1) is 0 Å². The average molecular weight is 274 g/mol. The Morgan fingerprint density at radius 2 is 1.90 bits per heavy atom. The van der Waals surface area contributed by atoms with Gasteiger partial charge >= 0.3 is 0 Å². The van der Waals surface area contributed by atoms with Gasteiger partial charge in [0.1, 0.15) is 5.69 Å². The van der Waals surface area contributed by atoms with Crippen LogP contribution in [-0.4, -0.2) is 39.9 Å². The molecule has 2 fully saturated rings. The Morgan fingerprint density at radius 3 is 2.60 bits per heavy atom. The zero-order valence-corrected chi connectivity index (χ0v) is 12.1. The lowest BCUT2D eigenvalue weighted by Crippen LogP contribution is -2.29. The summed E-state index contributed by atoms with van der Waals surface area (Å²) in [5.41, 5.74) is 1.38. The first-order chi connectivity index (χ1) is 9.72. The van der Waals surface area contributed by atoms with Crippen molar-refractivity contribution in [3.8, 4) is 0 Å². The molecule has 2 heterocycles. The van der Waals surface area contributed by atoms with Crippen LogP contribution in [-0.2, 0) is 0 Å². The van der Waals surface area contributed by atoms with Crippen LogP contribution >= 0.6 is 0 Å². The normalized spacial score (nSPS) is 19.6. The first kappa shape index (κ1) is 13.3. The number of hydrogen-bond acceptors (Lipinski definition) is 4. The summed E-state index contributed by atoms with van der Waals surface area (Å²) < 4.78 is 0. The summed E-state index contributed by atoms with van der Waals surface area (Å²) in [4.78, 5) is 23.1. The van der Waals surface area contributed by atoms with E-state index in [2.05, 4.69) is 15.3 Å². The second-order valence-electron chi connectivity index (χ2n) is 5.84. The largest absolute Gasteiger partial charge is 0.351 e. The van der Waals surface area contributed by atoms with E-state index in [1.807, 2.05) is 11.8 Å². The standard InChI is InChI=1S/C15H22N4O/c1-11-10-13(14(20)19-8-4-5-9-19)18-15(16-11)17-12-6-2-3-7-12/h10,12H,2-9H2,1H3,(H,16,17,18). The van der Waals surface area contributed by atoms with Crippen molar-refractivity contribution in [1.82, 2.24) is 14.9 Å². The third kappa shape index (κ3) is 2.92. The van der Waals surface area contributed by atoms with E-state index in [1.54, 1.807) is 6.07 Å². The van der Waals surface area contributed by atoms with E-state index in [9.17, 15) is 4.79 Å². The second kappa shape index (κ2) is 5.77. The van der Waals surface area contributed by atoms with Gasteiger partial charge in [-0.05, 0) is 38.7 Å². The number of anilines is 1. The van der Waals surface area contributed by atoms with Crippen molar-refractivity contribution < 1.29 is 4.79 Å². The predicted octanol–water partition coefficient (Wildman–Crippen LogP) is 2.38. The van der Waals surface area contributed by atoms with Crippen LogP contribution in [0.4, 0.5) is 5.95 Å². The van der Waals surface area contributed by atoms with Crippen LogP contribution in [0.1, 0.15) is 54.7 Å². The maximum atomic E-state index is 12.4. The molecule has 1 saturated carbocycles. The summed E-state index contributed by atoms with van der Waals surface area (Å²) in [5.74, 6) is 0.655. The molecule has 1 saturated heterocycles. The maximum Gasteiger partial charge on any atom is 0.272 e. The van der Waals surface area contributed by atoms with Crippen LogP contribution in [0, 0.1) is 6.92 Å². The van der Waals surface area contributed by atoms with Gasteiger partial charge in [-0.2, -0.15) is 0 Å². The lowest BCUT2D eigenvalue weighted by molar-refractivity contribution is 0.0787. The van der Waals surface area contributed by atoms with Crippen molar-refractivity contribution in [3.63, 3.8) is 0 Å². The lowest BCUT2D eigenvalue weighted by Gasteiger charge is -2.16. The van der Waals surface area contributed by atoms with Crippen LogP contribution in [0.2, 0.25) is 0 Å². The zero-order valence-electron chi connectivity index (χ0n) is 12.1. The summed E-state index contributed by atoms with van der Waals surface area (Å²) in [5, 5.41) is 3.37. The highest BCUT2D eigenvalue weighted by molar-refractivity contribution is 5.92. The van der Waals surface area contributed by atoms with E-state index in [4.69, 9.17) is 0 Å². The lowest BCUT2D eigenvalue weighted by atomic mass is 10.2. The average Bonchev–Trinajstić information content (AvgIpc) is 3.09. The molecule has 3 rings (SSSR count). The zero-order chi connectivity index (χ0) is 13.9. The monoisotopic (exact) mass is 274 g/mol. The van der Waals surface area contributed by atoms with Crippen molar-refractivity contribution in [2.24, 2.45) is 0 Å². The minimum atomic E-state index is 0.0440. The summed E-state index contributed by atoms with van der Waals surface area (Å²) in [6.45, 7) is 3.63. The molecule has 2 aliphatic rings. The molecule has 1 aromatic heterocycles. The number of aromatic nitrogens is 2. The molecule has 5 heteroatoms. The Balaban J connectivity index is 1.76. The molecule has 0 aromatic carbocycles. The number of nitrogens with zero attached hydrogens (tertiary/aromatic N) is 3. The number of hydrogen-bond donors (Lipinski definition) is 1. The Morgan fingerprint density at radius 1 is 1.20 bits per heavy atom. The van der Waals surface area contributed by atoms with Gasteiger partial charge < -0.3 is 10.2 Å². The van der Waals surface area contributed by atoms with Gasteiger partial charge in [0.15, 0.2) is 0 Å². The van der Waals surface area contributed by atoms with Crippen molar-refractivity contribution in [2.45, 2.75) is 51.5 Å². The van der Waals surface area contributed by atoms with Gasteiger partial charge in [0.25, 0.3) is 5.91 Å². The third-order valence-corrected chi connectivity index (χ3v) is 4.16. The molecule has 5 nitrogen and oxygen atoms in total. The molecule has 0 atom stereocenters. The van der Waals surface area contributed by atoms with Crippen LogP contribution in [0.3, 0.4) is 0 Å². The van der Waals surface area contributed by atoms with E-state index >= 15 is 0 Å². The molecule has 0 spiro atoms. The number of nitrogens with one attached hydrogen (secondary N) is 1. The summed E-state index contributed by atoms with van der Waals surface area (Å²) in [7, 11) is 0. The van der Waals surface area contributed by atoms with E-state index in [1.165, 1.54) is 25.7 Å². The fourth-order valence-electron chi connectivity index (χ4n) is 3.08. The molecule has 0 bridgehead atoms. The van der Waals surface area contributed by atoms with Gasteiger partial charge in [-0.15, -0.1) is 0 Å². The van der Waals surface area contributed by atoms with E-state index < -0.39 is 0 Å². The highest BCUT2D eigenvalue weighted by atomic mass is 16.2. The Labute approximate surface area is 119 Å². The van der Waals surface area contributed by atoms with Gasteiger partial charge in [-0.25, -0.2) is 9.97 Å². The third-order valence-electron chi connectivity index (χ3n) is 4.16. The minimum absolute atomic E-state index is 0.0440. The van der Waals surface area contributed by atoms with Crippen LogP contribution in [0.15, 0.2) is 6.07 Å². The minimum Gasteiger partial charge on any atom is -0.351 e. The van der Waals surface area contributed by atoms with Gasteiger partial charge in [0.2, 0.25) is 5.95 Å². The van der Waals surface area contributed by atoms with Crippen molar-refractivity contribution in [3.05, 3.63) is 17.5 Å². The SMILES string of the molecule is Cc1cc(C(=O)N2CCCC2)nc(NC2CCCC2)n1. The quantitative estimate of drug-likeness (QED) is 0.919. The number of amides is 1. The summed E-state index contributed by atoms with van der Waals surface area (Å²) >= 11 is 0. The van der Waals surface area contributed by atoms with Crippen molar-refractivity contribution in [1.29, 1.82) is 0 Å². The molecule has 1 aliphatic carbocycles. The molecule has 1 N–H and O–H groups in total. The van der Waals surface area contributed by atoms with Gasteiger partial charge in [0, 0.05) is 24.8 Å². The topological polar surface area (TPSA) is 58.1 Å². The van der Waals surface area contributed by atoms with E-state index in [0.29, 0.717) is 17.7 Å². The first-order valence-corrected chi connectivity index (χ1v) is 7.64. The van der Waals surface area contributed by atoms with Crippen LogP contribution < -0.4 is 5.32 Å². The molecule has 0 radical (unpaired) electrons. The Hall–Kier alpha value is -1.65. The Bertz CT molecular complexity index is 491. The van der Waals surface area contributed by atoms with Crippen molar-refractivity contribution in [2.75, 3.05) is 18.4 Å². The first-order valence-electron chi connectivity index (χ1n) is 7.64. The van der Waals surface area contributed by atoms with E-state index in [0.717, 1.165) is 31.6 Å². The maximum absolute atomic E-state index is 12.4. The van der Waals surface area contributed by atoms with Gasteiger partial charge in [-0.3, -0.25) is 4.79 Å². The summed E-state index contributed by atoms with van der Waals surface area (Å²) in [6, 6.07) is 2.26. The molecule has 1 aromatic rings. The highest BCUT2D eigenvalue weighted by Crippen LogP contribution is 2.21. The molecule has 1 aliphatic heterocycles. The number of aryl methyl sites for hydroxylation is 1. The Kier molecular flexibility index (Phi) is 3.85. The number of likely N-dealkylation sites (tertiary alicyclic amines) is 1. The predicted molar refractivity (Wildman–Crippen MR) is 77.8 cm³/mol. The fraction of sp³-hybridized carbons (Fsp3) is 0.667. The van der Waals surface area contributed by atoms with Crippen LogP contribution in [0.5, 0.6) is 0 Å². The van der Waals surface area contributed by atoms with Crippen LogP contribution in [0.25, 0.3) is 0 Å². The fourth-order valence-corrected chi connectivity index (χ4v) is 3.08. The molecular formula is C15H22N4O. The smallest absolute Gasteiger partial charge is 0.272 e. The molecule has 0 unspecified atom stereocenters. The second-order valence-corrected chi connectivity index (χ2v) is 5.84. The number of carbonyl (C=O) groups is 1.